The lowest BCUT2D eigenvalue weighted by Crippen LogP contribution is -2.16. The second kappa shape index (κ2) is 9.65. The van der Waals surface area contributed by atoms with Gasteiger partial charge < -0.3 is 0 Å². The molecular weight excluding hydrogens is 553 g/mol. The first kappa shape index (κ1) is 27.1. The molecule has 0 unspecified atom stereocenters. The first-order chi connectivity index (χ1) is 22.3. The third-order valence-corrected chi connectivity index (χ3v) is 10.8. The van der Waals surface area contributed by atoms with E-state index in [9.17, 15) is 0 Å². The van der Waals surface area contributed by atoms with Gasteiger partial charge in [-0.1, -0.05) is 161 Å². The molecule has 0 saturated heterocycles. The summed E-state index contributed by atoms with van der Waals surface area (Å²) in [5.74, 6) is 0. The normalized spacial score (nSPS) is 15.2. The number of rotatable bonds is 3. The molecule has 2 aliphatic carbocycles. The van der Waals surface area contributed by atoms with Crippen molar-refractivity contribution in [2.45, 2.75) is 38.5 Å². The van der Waals surface area contributed by atoms with Gasteiger partial charge in [0.2, 0.25) is 0 Å². The third-order valence-electron chi connectivity index (χ3n) is 10.8. The van der Waals surface area contributed by atoms with E-state index in [0.717, 1.165) is 0 Å². The molecule has 220 valence electrons. The van der Waals surface area contributed by atoms with Gasteiger partial charge in [0.15, 0.2) is 0 Å². The zero-order chi connectivity index (χ0) is 31.2. The minimum atomic E-state index is -0.111. The Morgan fingerprint density at radius 3 is 1.59 bits per heavy atom. The van der Waals surface area contributed by atoms with Gasteiger partial charge in [-0.15, -0.1) is 0 Å². The lowest BCUT2D eigenvalue weighted by atomic mass is 9.78. The lowest BCUT2D eigenvalue weighted by Gasteiger charge is -2.25. The van der Waals surface area contributed by atoms with Crippen LogP contribution in [0.2, 0.25) is 0 Å². The molecule has 0 heterocycles. The summed E-state index contributed by atoms with van der Waals surface area (Å²) < 4.78 is 0. The maximum absolute atomic E-state index is 2.47. The fourth-order valence-corrected chi connectivity index (χ4v) is 8.46. The van der Waals surface area contributed by atoms with E-state index in [4.69, 9.17) is 0 Å². The summed E-state index contributed by atoms with van der Waals surface area (Å²) in [5, 5.41) is 5.40. The van der Waals surface area contributed by atoms with Crippen LogP contribution in [-0.2, 0) is 10.8 Å². The fourth-order valence-electron chi connectivity index (χ4n) is 8.46. The van der Waals surface area contributed by atoms with Crippen molar-refractivity contribution < 1.29 is 0 Å². The third kappa shape index (κ3) is 3.80. The molecule has 0 nitrogen and oxygen atoms in total. The molecule has 0 bridgehead atoms. The molecule has 0 aliphatic heterocycles. The van der Waals surface area contributed by atoms with Crippen LogP contribution in [0.25, 0.3) is 67.1 Å². The summed E-state index contributed by atoms with van der Waals surface area (Å²) >= 11 is 0. The van der Waals surface area contributed by atoms with E-state index in [1.165, 1.54) is 88.3 Å². The van der Waals surface area contributed by atoms with Gasteiger partial charge in [0.25, 0.3) is 0 Å². The molecule has 7 aromatic rings. The molecule has 7 aromatic carbocycles. The van der Waals surface area contributed by atoms with Gasteiger partial charge in [-0.25, -0.2) is 0 Å². The van der Waals surface area contributed by atoms with Crippen LogP contribution in [0.15, 0.2) is 133 Å². The SMILES string of the molecule is CC1(C)c2cc(/C=C/c3ccccc3)ccc2-c2ccc(-c3ccc4c(c3)C(C)(C)c3c-4c4ccccc4c4ccccc34)cc21. The van der Waals surface area contributed by atoms with Crippen LogP contribution in [0.1, 0.15) is 61.1 Å². The van der Waals surface area contributed by atoms with E-state index in [1.807, 2.05) is 0 Å². The molecular formula is C46H36. The van der Waals surface area contributed by atoms with Crippen molar-refractivity contribution in [2.75, 3.05) is 0 Å². The van der Waals surface area contributed by atoms with Gasteiger partial charge in [-0.2, -0.15) is 0 Å². The zero-order valence-corrected chi connectivity index (χ0v) is 26.9. The van der Waals surface area contributed by atoms with Crippen LogP contribution in [0.4, 0.5) is 0 Å². The molecule has 0 saturated carbocycles. The highest BCUT2D eigenvalue weighted by Gasteiger charge is 2.39. The van der Waals surface area contributed by atoms with Gasteiger partial charge in [-0.05, 0) is 100 Å². The smallest absolute Gasteiger partial charge is 0.0165 e. The Balaban J connectivity index is 1.14. The minimum absolute atomic E-state index is 0.0820. The van der Waals surface area contributed by atoms with Gasteiger partial charge in [0.1, 0.15) is 0 Å². The monoisotopic (exact) mass is 588 g/mol. The van der Waals surface area contributed by atoms with Crippen molar-refractivity contribution in [1.29, 1.82) is 0 Å². The predicted octanol–water partition coefficient (Wildman–Crippen LogP) is 12.4. The highest BCUT2D eigenvalue weighted by atomic mass is 14.4. The maximum Gasteiger partial charge on any atom is 0.0165 e. The molecule has 0 fully saturated rings. The van der Waals surface area contributed by atoms with E-state index >= 15 is 0 Å². The van der Waals surface area contributed by atoms with Crippen LogP contribution in [-0.4, -0.2) is 0 Å². The predicted molar refractivity (Wildman–Crippen MR) is 197 cm³/mol. The number of benzene rings is 7. The molecule has 0 heteroatoms. The van der Waals surface area contributed by atoms with E-state index in [0.29, 0.717) is 0 Å². The van der Waals surface area contributed by atoms with E-state index < -0.39 is 0 Å². The van der Waals surface area contributed by atoms with Crippen LogP contribution in [0.5, 0.6) is 0 Å². The van der Waals surface area contributed by atoms with E-state index in [2.05, 4.69) is 173 Å². The second-order valence-electron chi connectivity index (χ2n) is 14.2. The average Bonchev–Trinajstić information content (AvgIpc) is 3.47. The molecule has 0 N–H and O–H groups in total. The summed E-state index contributed by atoms with van der Waals surface area (Å²) in [6, 6.07) is 49.7. The zero-order valence-electron chi connectivity index (χ0n) is 26.9. The molecule has 2 aliphatic rings. The first-order valence-corrected chi connectivity index (χ1v) is 16.4. The second-order valence-corrected chi connectivity index (χ2v) is 14.2. The van der Waals surface area contributed by atoms with E-state index in [-0.39, 0.29) is 10.8 Å². The van der Waals surface area contributed by atoms with Gasteiger partial charge in [0.05, 0.1) is 0 Å². The van der Waals surface area contributed by atoms with Crippen LogP contribution < -0.4 is 0 Å². The Hall–Kier alpha value is -5.20. The molecule has 46 heavy (non-hydrogen) atoms. The summed E-state index contributed by atoms with van der Waals surface area (Å²) in [7, 11) is 0. The fraction of sp³-hybridized carbons (Fsp3) is 0.130. The summed E-state index contributed by atoms with van der Waals surface area (Å²) in [5.41, 5.74) is 16.0. The Bertz CT molecular complexity index is 2400. The maximum atomic E-state index is 2.47. The lowest BCUT2D eigenvalue weighted by molar-refractivity contribution is 0.660. The van der Waals surface area contributed by atoms with Crippen molar-refractivity contribution in [2.24, 2.45) is 0 Å². The van der Waals surface area contributed by atoms with Crippen LogP contribution >= 0.6 is 0 Å². The summed E-state index contributed by atoms with van der Waals surface area (Å²) in [6.07, 6.45) is 4.44. The molecule has 0 aromatic heterocycles. The number of hydrogen-bond donors (Lipinski definition) is 0. The molecule has 0 amide bonds. The quantitative estimate of drug-likeness (QED) is 0.142. The highest BCUT2D eigenvalue weighted by molar-refractivity contribution is 6.18. The van der Waals surface area contributed by atoms with Crippen LogP contribution in [0.3, 0.4) is 0 Å². The molecule has 9 rings (SSSR count). The molecule has 0 spiro atoms. The van der Waals surface area contributed by atoms with Gasteiger partial charge in [-0.3, -0.25) is 0 Å². The Kier molecular flexibility index (Phi) is 5.69. The largest absolute Gasteiger partial charge is 0.0622 e. The van der Waals surface area contributed by atoms with Gasteiger partial charge >= 0.3 is 0 Å². The Morgan fingerprint density at radius 2 is 0.891 bits per heavy atom. The van der Waals surface area contributed by atoms with Crippen molar-refractivity contribution in [3.63, 3.8) is 0 Å². The summed E-state index contributed by atoms with van der Waals surface area (Å²) in [6.45, 7) is 9.58. The number of fused-ring (bicyclic) bond motifs is 11. The number of hydrogen-bond acceptors (Lipinski definition) is 0. The Labute approximate surface area is 271 Å². The van der Waals surface area contributed by atoms with Gasteiger partial charge in [0, 0.05) is 10.8 Å². The highest BCUT2D eigenvalue weighted by Crippen LogP contribution is 2.56. The van der Waals surface area contributed by atoms with Crippen molar-refractivity contribution >= 4 is 33.7 Å². The molecule has 0 atom stereocenters. The van der Waals surface area contributed by atoms with Crippen molar-refractivity contribution in [3.05, 3.63) is 167 Å². The minimum Gasteiger partial charge on any atom is -0.0622 e. The van der Waals surface area contributed by atoms with Crippen LogP contribution in [0, 0.1) is 0 Å². The Morgan fingerprint density at radius 1 is 0.391 bits per heavy atom. The van der Waals surface area contributed by atoms with E-state index in [1.54, 1.807) is 0 Å². The topological polar surface area (TPSA) is 0 Å². The first-order valence-electron chi connectivity index (χ1n) is 16.4. The van der Waals surface area contributed by atoms with Crippen molar-refractivity contribution in [1.82, 2.24) is 0 Å². The average molecular weight is 589 g/mol. The molecule has 0 radical (unpaired) electrons. The standard InChI is InChI=1S/C46H36/c1-45(2)40-26-30(19-18-29-12-6-5-7-13-29)20-23-35(40)36-24-21-31(27-41(36)45)32-22-25-39-42(28-32)46(3,4)44-38-17-11-9-15-34(38)33-14-8-10-16-37(33)43(39)44/h5-28H,1-4H3/b19-18+. The summed E-state index contributed by atoms with van der Waals surface area (Å²) in [4.78, 5) is 0. The van der Waals surface area contributed by atoms with Crippen molar-refractivity contribution in [3.8, 4) is 33.4 Å².